The van der Waals surface area contributed by atoms with Gasteiger partial charge >= 0.3 is 0 Å². The van der Waals surface area contributed by atoms with E-state index in [1.807, 2.05) is 13.0 Å². The van der Waals surface area contributed by atoms with E-state index in [0.29, 0.717) is 24.3 Å². The molecule has 2 rings (SSSR count). The molecule has 1 N–H and O–H groups in total. The molecule has 1 aromatic carbocycles. The number of rotatable bonds is 11. The molecule has 1 aromatic heterocycles. The van der Waals surface area contributed by atoms with E-state index in [1.165, 1.54) is 19.8 Å². The van der Waals surface area contributed by atoms with E-state index in [9.17, 15) is 20.0 Å². The minimum absolute atomic E-state index is 0.00418. The molecule has 0 aliphatic rings. The first-order chi connectivity index (χ1) is 14.5. The van der Waals surface area contributed by atoms with Crippen molar-refractivity contribution in [1.82, 2.24) is 4.57 Å². The SMILES string of the molecule is CCCCCCOc1ccc(C(=O)c2c(C)c(C#N)c(=O)n(CCCC)c2O)cc1. The van der Waals surface area contributed by atoms with Crippen LogP contribution in [0.2, 0.25) is 0 Å². The molecule has 0 saturated carbocycles. The number of aromatic hydroxyl groups is 1. The van der Waals surface area contributed by atoms with Gasteiger partial charge in [0.1, 0.15) is 17.4 Å². The summed E-state index contributed by atoms with van der Waals surface area (Å²) in [5.74, 6) is -0.137. The Morgan fingerprint density at radius 2 is 1.77 bits per heavy atom. The number of benzene rings is 1. The summed E-state index contributed by atoms with van der Waals surface area (Å²) in [5, 5.41) is 20.1. The predicted molar refractivity (Wildman–Crippen MR) is 116 cm³/mol. The number of unbranched alkanes of at least 4 members (excludes halogenated alkanes) is 4. The van der Waals surface area contributed by atoms with E-state index in [1.54, 1.807) is 24.3 Å². The Labute approximate surface area is 177 Å². The first kappa shape index (κ1) is 23.2. The van der Waals surface area contributed by atoms with Crippen LogP contribution < -0.4 is 10.3 Å². The molecule has 30 heavy (non-hydrogen) atoms. The van der Waals surface area contributed by atoms with Crippen molar-refractivity contribution in [2.24, 2.45) is 0 Å². The Bertz CT molecular complexity index is 969. The summed E-state index contributed by atoms with van der Waals surface area (Å²) in [6.45, 7) is 6.51. The minimum atomic E-state index is -0.565. The van der Waals surface area contributed by atoms with Crippen LogP contribution in [-0.4, -0.2) is 22.1 Å². The Morgan fingerprint density at radius 3 is 2.37 bits per heavy atom. The topological polar surface area (TPSA) is 92.3 Å². The largest absolute Gasteiger partial charge is 0.494 e. The molecule has 0 atom stereocenters. The Balaban J connectivity index is 2.30. The number of nitriles is 1. The number of ether oxygens (including phenoxy) is 1. The van der Waals surface area contributed by atoms with Crippen LogP contribution in [0, 0.1) is 18.3 Å². The van der Waals surface area contributed by atoms with Crippen LogP contribution >= 0.6 is 0 Å². The lowest BCUT2D eigenvalue weighted by molar-refractivity contribution is 0.103. The lowest BCUT2D eigenvalue weighted by Gasteiger charge is -2.15. The highest BCUT2D eigenvalue weighted by molar-refractivity contribution is 6.11. The van der Waals surface area contributed by atoms with E-state index in [4.69, 9.17) is 4.74 Å². The summed E-state index contributed by atoms with van der Waals surface area (Å²) in [6.07, 6.45) is 5.93. The molecule has 0 amide bonds. The van der Waals surface area contributed by atoms with Crippen LogP contribution in [0.5, 0.6) is 11.6 Å². The van der Waals surface area contributed by atoms with Crippen LogP contribution in [0.1, 0.15) is 79.4 Å². The van der Waals surface area contributed by atoms with Crippen molar-refractivity contribution in [3.05, 3.63) is 56.9 Å². The fraction of sp³-hybridized carbons (Fsp3) is 0.458. The van der Waals surface area contributed by atoms with Gasteiger partial charge in [-0.25, -0.2) is 0 Å². The predicted octanol–water partition coefficient (Wildman–Crippen LogP) is 4.72. The Kier molecular flexibility index (Phi) is 8.67. The molecule has 6 nitrogen and oxygen atoms in total. The third-order valence-electron chi connectivity index (χ3n) is 5.15. The van der Waals surface area contributed by atoms with Gasteiger partial charge in [-0.05, 0) is 49.6 Å². The van der Waals surface area contributed by atoms with Crippen LogP contribution in [0.15, 0.2) is 29.1 Å². The lowest BCUT2D eigenvalue weighted by Crippen LogP contribution is -2.26. The highest BCUT2D eigenvalue weighted by Crippen LogP contribution is 2.26. The van der Waals surface area contributed by atoms with Gasteiger partial charge in [0.05, 0.1) is 12.2 Å². The molecule has 0 bridgehead atoms. The molecule has 2 aromatic rings. The van der Waals surface area contributed by atoms with Crippen molar-refractivity contribution in [2.75, 3.05) is 6.61 Å². The maximum atomic E-state index is 13.1. The molecule has 0 radical (unpaired) electrons. The first-order valence-electron chi connectivity index (χ1n) is 10.6. The molecule has 0 saturated heterocycles. The maximum Gasteiger partial charge on any atom is 0.271 e. The second kappa shape index (κ2) is 11.2. The smallest absolute Gasteiger partial charge is 0.271 e. The standard InChI is InChI=1S/C24H30N2O4/c1-4-6-8-9-15-30-19-12-10-18(11-13-19)22(27)21-17(3)20(16-25)23(28)26(24(21)29)14-7-5-2/h10-13,29H,4-9,14-15H2,1-3H3. The lowest BCUT2D eigenvalue weighted by atomic mass is 9.97. The number of carbonyl (C=O) groups is 1. The molecule has 160 valence electrons. The normalized spacial score (nSPS) is 10.6. The third kappa shape index (κ3) is 5.29. The van der Waals surface area contributed by atoms with Crippen molar-refractivity contribution in [1.29, 1.82) is 5.26 Å². The van der Waals surface area contributed by atoms with Gasteiger partial charge in [-0.2, -0.15) is 5.26 Å². The van der Waals surface area contributed by atoms with E-state index >= 15 is 0 Å². The highest BCUT2D eigenvalue weighted by atomic mass is 16.5. The average Bonchev–Trinajstić information content (AvgIpc) is 2.74. The highest BCUT2D eigenvalue weighted by Gasteiger charge is 2.24. The molecule has 0 aliphatic carbocycles. The van der Waals surface area contributed by atoms with E-state index in [2.05, 4.69) is 6.92 Å². The number of nitrogens with zero attached hydrogens (tertiary/aromatic N) is 2. The number of ketones is 1. The van der Waals surface area contributed by atoms with Gasteiger partial charge in [-0.3, -0.25) is 14.2 Å². The second-order valence-corrected chi connectivity index (χ2v) is 7.38. The van der Waals surface area contributed by atoms with Crippen LogP contribution in [-0.2, 0) is 6.54 Å². The van der Waals surface area contributed by atoms with Crippen LogP contribution in [0.3, 0.4) is 0 Å². The summed E-state index contributed by atoms with van der Waals surface area (Å²) in [6, 6.07) is 8.59. The van der Waals surface area contributed by atoms with Gasteiger partial charge in [-0.15, -0.1) is 0 Å². The molecule has 1 heterocycles. The van der Waals surface area contributed by atoms with E-state index < -0.39 is 11.3 Å². The molecule has 0 spiro atoms. The summed E-state index contributed by atoms with van der Waals surface area (Å²) in [5.41, 5.74) is -0.121. The van der Waals surface area contributed by atoms with Crippen molar-refractivity contribution in [3.63, 3.8) is 0 Å². The number of hydrogen-bond donors (Lipinski definition) is 1. The number of hydrogen-bond acceptors (Lipinski definition) is 5. The molecular weight excluding hydrogens is 380 g/mol. The Morgan fingerprint density at radius 1 is 1.10 bits per heavy atom. The minimum Gasteiger partial charge on any atom is -0.494 e. The Hall–Kier alpha value is -3.07. The fourth-order valence-electron chi connectivity index (χ4n) is 3.31. The number of aromatic nitrogens is 1. The van der Waals surface area contributed by atoms with Crippen LogP contribution in [0.25, 0.3) is 0 Å². The van der Waals surface area contributed by atoms with Crippen LogP contribution in [0.4, 0.5) is 0 Å². The van der Waals surface area contributed by atoms with Crippen molar-refractivity contribution in [3.8, 4) is 17.7 Å². The first-order valence-corrected chi connectivity index (χ1v) is 10.6. The average molecular weight is 411 g/mol. The van der Waals surface area contributed by atoms with E-state index in [0.717, 1.165) is 23.8 Å². The maximum absolute atomic E-state index is 13.1. The molecule has 0 fully saturated rings. The van der Waals surface area contributed by atoms with E-state index in [-0.39, 0.29) is 29.1 Å². The zero-order valence-electron chi connectivity index (χ0n) is 18.0. The molecule has 0 aliphatic heterocycles. The summed E-state index contributed by atoms with van der Waals surface area (Å²) in [7, 11) is 0. The van der Waals surface area contributed by atoms with Crippen molar-refractivity contribution < 1.29 is 14.6 Å². The molecule has 6 heteroatoms. The van der Waals surface area contributed by atoms with Gasteiger partial charge in [-0.1, -0.05) is 39.5 Å². The quantitative estimate of drug-likeness (QED) is 0.427. The fourth-order valence-corrected chi connectivity index (χ4v) is 3.31. The van der Waals surface area contributed by atoms with Gasteiger partial charge < -0.3 is 9.84 Å². The van der Waals surface area contributed by atoms with Crippen molar-refractivity contribution >= 4 is 5.78 Å². The summed E-state index contributed by atoms with van der Waals surface area (Å²) < 4.78 is 6.83. The van der Waals surface area contributed by atoms with Gasteiger partial charge in [0.2, 0.25) is 5.88 Å². The summed E-state index contributed by atoms with van der Waals surface area (Å²) >= 11 is 0. The number of pyridine rings is 1. The molecular formula is C24H30N2O4. The van der Waals surface area contributed by atoms with Gasteiger partial charge in [0, 0.05) is 12.1 Å². The van der Waals surface area contributed by atoms with Gasteiger partial charge in [0.15, 0.2) is 5.78 Å². The second-order valence-electron chi connectivity index (χ2n) is 7.38. The third-order valence-corrected chi connectivity index (χ3v) is 5.15. The summed E-state index contributed by atoms with van der Waals surface area (Å²) in [4.78, 5) is 25.6. The number of carbonyl (C=O) groups excluding carboxylic acids is 1. The van der Waals surface area contributed by atoms with Crippen molar-refractivity contribution in [2.45, 2.75) is 65.8 Å². The monoisotopic (exact) mass is 410 g/mol. The molecule has 0 unspecified atom stereocenters. The zero-order valence-corrected chi connectivity index (χ0v) is 18.0. The zero-order chi connectivity index (χ0) is 22.1. The van der Waals surface area contributed by atoms with Gasteiger partial charge in [0.25, 0.3) is 5.56 Å².